The summed E-state index contributed by atoms with van der Waals surface area (Å²) in [6.07, 6.45) is 3.06. The second kappa shape index (κ2) is 4.17. The predicted molar refractivity (Wildman–Crippen MR) is 59.0 cm³/mol. The maximum atomic E-state index is 13.0. The highest BCUT2D eigenvalue weighted by Gasteiger charge is 2.24. The van der Waals surface area contributed by atoms with Crippen LogP contribution in [0.5, 0.6) is 0 Å². The van der Waals surface area contributed by atoms with Crippen LogP contribution in [0.2, 0.25) is 0 Å². The zero-order chi connectivity index (χ0) is 11.7. The van der Waals surface area contributed by atoms with E-state index in [1.165, 1.54) is 22.9 Å². The number of nitrogens with zero attached hydrogens (tertiary/aromatic N) is 1. The van der Waals surface area contributed by atoms with Gasteiger partial charge in [0.15, 0.2) is 0 Å². The lowest BCUT2D eigenvalue weighted by atomic mass is 10.2. The molecule has 4 nitrogen and oxygen atoms in total. The van der Waals surface area contributed by atoms with E-state index in [1.54, 1.807) is 0 Å². The number of halogens is 1. The van der Waals surface area contributed by atoms with Crippen molar-refractivity contribution in [2.24, 2.45) is 0 Å². The number of nitrogens with one attached hydrogen (secondary N) is 3. The van der Waals surface area contributed by atoms with E-state index in [0.717, 1.165) is 12.8 Å². The van der Waals surface area contributed by atoms with Gasteiger partial charge in [-0.25, -0.2) is 4.39 Å². The highest BCUT2D eigenvalue weighted by atomic mass is 19.1. The summed E-state index contributed by atoms with van der Waals surface area (Å²) in [5, 5.41) is 18.9. The number of hydrogen-bond donors (Lipinski definition) is 3. The lowest BCUT2D eigenvalue weighted by Crippen LogP contribution is -2.41. The Hall–Kier alpha value is -1.49. The molecule has 1 fully saturated rings. The van der Waals surface area contributed by atoms with Gasteiger partial charge in [0.1, 0.15) is 17.1 Å². The van der Waals surface area contributed by atoms with E-state index in [-0.39, 0.29) is 17.4 Å². The van der Waals surface area contributed by atoms with Crippen LogP contribution in [0.15, 0.2) is 18.3 Å². The fourth-order valence-electron chi connectivity index (χ4n) is 1.98. The zero-order valence-corrected chi connectivity index (χ0v) is 9.13. The second-order valence-corrected chi connectivity index (χ2v) is 4.19. The van der Waals surface area contributed by atoms with Crippen LogP contribution in [-0.2, 0) is 0 Å². The Labute approximate surface area is 93.1 Å². The van der Waals surface area contributed by atoms with Crippen molar-refractivity contribution in [3.63, 3.8) is 0 Å². The summed E-state index contributed by atoms with van der Waals surface area (Å²) in [6, 6.07) is 2.90. The molecule has 2 atom stereocenters. The van der Waals surface area contributed by atoms with Gasteiger partial charge in [0.2, 0.25) is 0 Å². The summed E-state index contributed by atoms with van der Waals surface area (Å²) in [6.45, 7) is 2.06. The van der Waals surface area contributed by atoms with Crippen molar-refractivity contribution in [2.45, 2.75) is 31.8 Å². The molecule has 1 aromatic rings. The van der Waals surface area contributed by atoms with Crippen molar-refractivity contribution in [2.75, 3.05) is 0 Å². The van der Waals surface area contributed by atoms with E-state index in [4.69, 9.17) is 10.8 Å². The van der Waals surface area contributed by atoms with Gasteiger partial charge in [-0.2, -0.15) is 0 Å². The minimum absolute atomic E-state index is 0.0779. The minimum Gasteiger partial charge on any atom is -0.305 e. The standard InChI is InChI=1S/C11H15FN4/c1-7-2-4-9(15-7)11(14)16-6-8(12)3-5-10(16)13/h3,5-7,9,13-15H,2,4H2,1H3/t7-,9-/m0/s1. The monoisotopic (exact) mass is 222 g/mol. The highest BCUT2D eigenvalue weighted by molar-refractivity contribution is 5.86. The lowest BCUT2D eigenvalue weighted by Gasteiger charge is -2.15. The second-order valence-electron chi connectivity index (χ2n) is 4.19. The summed E-state index contributed by atoms with van der Waals surface area (Å²) >= 11 is 0. The van der Waals surface area contributed by atoms with E-state index < -0.39 is 5.82 Å². The molecule has 0 radical (unpaired) electrons. The van der Waals surface area contributed by atoms with Crippen molar-refractivity contribution in [3.8, 4) is 0 Å². The quantitative estimate of drug-likeness (QED) is 0.483. The Balaban J connectivity index is 2.27. The molecule has 2 heterocycles. The van der Waals surface area contributed by atoms with Crippen LogP contribution in [0.1, 0.15) is 19.8 Å². The molecule has 0 amide bonds. The number of rotatable bonds is 1. The molecule has 2 rings (SSSR count). The van der Waals surface area contributed by atoms with Gasteiger partial charge in [-0.3, -0.25) is 15.4 Å². The Kier molecular flexibility index (Phi) is 2.87. The van der Waals surface area contributed by atoms with Crippen LogP contribution >= 0.6 is 0 Å². The van der Waals surface area contributed by atoms with E-state index in [9.17, 15) is 4.39 Å². The first-order valence-electron chi connectivity index (χ1n) is 5.35. The number of aromatic nitrogens is 1. The molecule has 0 unspecified atom stereocenters. The Morgan fingerprint density at radius 3 is 2.88 bits per heavy atom. The Morgan fingerprint density at radius 1 is 1.50 bits per heavy atom. The third-order valence-electron chi connectivity index (χ3n) is 2.88. The van der Waals surface area contributed by atoms with Gasteiger partial charge in [-0.1, -0.05) is 0 Å². The molecular weight excluding hydrogens is 207 g/mol. The van der Waals surface area contributed by atoms with Crippen LogP contribution in [0.3, 0.4) is 0 Å². The fourth-order valence-corrected chi connectivity index (χ4v) is 1.98. The largest absolute Gasteiger partial charge is 0.305 e. The molecule has 0 spiro atoms. The maximum absolute atomic E-state index is 13.0. The first-order valence-corrected chi connectivity index (χ1v) is 5.35. The van der Waals surface area contributed by atoms with Gasteiger partial charge in [0.25, 0.3) is 0 Å². The molecule has 1 aliphatic heterocycles. The average Bonchev–Trinajstić information content (AvgIpc) is 2.67. The van der Waals surface area contributed by atoms with E-state index >= 15 is 0 Å². The van der Waals surface area contributed by atoms with Crippen LogP contribution < -0.4 is 10.8 Å². The summed E-state index contributed by atoms with van der Waals surface area (Å²) < 4.78 is 14.3. The lowest BCUT2D eigenvalue weighted by molar-refractivity contribution is 0.604. The number of hydrogen-bond acceptors (Lipinski definition) is 3. The smallest absolute Gasteiger partial charge is 0.140 e. The molecule has 1 aliphatic rings. The summed E-state index contributed by atoms with van der Waals surface area (Å²) in [4.78, 5) is 0. The molecule has 86 valence electrons. The average molecular weight is 222 g/mol. The normalized spacial score (nSPS) is 24.6. The SMILES string of the molecule is C[C@H]1CC[C@@H](C(=N)n2cc(F)ccc2=N)N1. The van der Waals surface area contributed by atoms with Crippen LogP contribution in [-0.4, -0.2) is 22.5 Å². The molecule has 5 heteroatoms. The van der Waals surface area contributed by atoms with Crippen LogP contribution in [0.25, 0.3) is 0 Å². The first-order chi connectivity index (χ1) is 7.58. The van der Waals surface area contributed by atoms with E-state index in [0.29, 0.717) is 6.04 Å². The Morgan fingerprint density at radius 2 is 2.25 bits per heavy atom. The fraction of sp³-hybridized carbons (Fsp3) is 0.455. The third kappa shape index (κ3) is 2.04. The summed E-state index contributed by atoms with van der Waals surface area (Å²) in [5.41, 5.74) is 0.132. The Bertz CT molecular complexity index is 465. The van der Waals surface area contributed by atoms with Crippen LogP contribution in [0, 0.1) is 16.6 Å². The van der Waals surface area contributed by atoms with Gasteiger partial charge in [-0.05, 0) is 31.9 Å². The van der Waals surface area contributed by atoms with Crippen molar-refractivity contribution in [3.05, 3.63) is 29.6 Å². The van der Waals surface area contributed by atoms with Crippen LogP contribution in [0.4, 0.5) is 4.39 Å². The zero-order valence-electron chi connectivity index (χ0n) is 9.13. The first kappa shape index (κ1) is 11.0. The van der Waals surface area contributed by atoms with E-state index in [1.807, 2.05) is 0 Å². The molecule has 0 bridgehead atoms. The van der Waals surface area contributed by atoms with Gasteiger partial charge in [-0.15, -0.1) is 0 Å². The molecule has 3 N–H and O–H groups in total. The molecule has 0 aromatic carbocycles. The highest BCUT2D eigenvalue weighted by Crippen LogP contribution is 2.12. The molecule has 0 saturated carbocycles. The molecular formula is C11H15FN4. The number of pyridine rings is 1. The minimum atomic E-state index is -0.424. The summed E-state index contributed by atoms with van der Waals surface area (Å²) in [5.74, 6) is -0.180. The third-order valence-corrected chi connectivity index (χ3v) is 2.88. The molecule has 1 aromatic heterocycles. The van der Waals surface area contributed by atoms with Crippen molar-refractivity contribution >= 4 is 5.84 Å². The summed E-state index contributed by atoms with van der Waals surface area (Å²) in [7, 11) is 0. The molecule has 0 aliphatic carbocycles. The molecule has 1 saturated heterocycles. The molecule has 16 heavy (non-hydrogen) atoms. The topological polar surface area (TPSA) is 64.7 Å². The van der Waals surface area contributed by atoms with Crippen molar-refractivity contribution in [1.29, 1.82) is 10.8 Å². The predicted octanol–water partition coefficient (Wildman–Crippen LogP) is 1.07. The van der Waals surface area contributed by atoms with Crippen molar-refractivity contribution in [1.82, 2.24) is 9.88 Å². The van der Waals surface area contributed by atoms with Crippen molar-refractivity contribution < 1.29 is 4.39 Å². The maximum Gasteiger partial charge on any atom is 0.140 e. The van der Waals surface area contributed by atoms with Gasteiger partial charge >= 0.3 is 0 Å². The van der Waals surface area contributed by atoms with E-state index in [2.05, 4.69) is 12.2 Å². The van der Waals surface area contributed by atoms with Gasteiger partial charge in [0, 0.05) is 12.2 Å². The van der Waals surface area contributed by atoms with Gasteiger partial charge in [0.05, 0.1) is 6.04 Å². The van der Waals surface area contributed by atoms with Gasteiger partial charge < -0.3 is 5.32 Å².